The molecule has 2 unspecified atom stereocenters. The van der Waals surface area contributed by atoms with E-state index < -0.39 is 12.1 Å². The summed E-state index contributed by atoms with van der Waals surface area (Å²) in [5.41, 5.74) is 1.04. The minimum Gasteiger partial charge on any atom is -0.391 e. The number of carbonyl (C=O) groups excluding carboxylic acids is 1. The minimum absolute atomic E-state index is 0.0273. The van der Waals surface area contributed by atoms with Crippen molar-refractivity contribution in [3.63, 3.8) is 0 Å². The monoisotopic (exact) mass is 376 g/mol. The predicted molar refractivity (Wildman–Crippen MR) is 108 cm³/mol. The Balaban J connectivity index is 2.23. The molecule has 1 amide bonds. The lowest BCUT2D eigenvalue weighted by Crippen LogP contribution is -2.50. The van der Waals surface area contributed by atoms with Crippen LogP contribution in [0.15, 0.2) is 30.3 Å². The van der Waals surface area contributed by atoms with Crippen molar-refractivity contribution in [1.29, 1.82) is 0 Å². The number of methoxy groups -OCH3 is 1. The molecule has 152 valence electrons. The van der Waals surface area contributed by atoms with Crippen molar-refractivity contribution in [3.8, 4) is 0 Å². The lowest BCUT2D eigenvalue weighted by molar-refractivity contribution is -0.134. The Hall–Kier alpha value is -1.43. The summed E-state index contributed by atoms with van der Waals surface area (Å²) in [5, 5.41) is 14.7. The third-order valence-corrected chi connectivity index (χ3v) is 5.57. The third kappa shape index (κ3) is 5.31. The van der Waals surface area contributed by atoms with E-state index in [-0.39, 0.29) is 29.3 Å². The summed E-state index contributed by atoms with van der Waals surface area (Å²) in [7, 11) is 1.64. The molecular weight excluding hydrogens is 340 g/mol. The normalized spacial score (nSPS) is 23.1. The number of nitrogens with zero attached hydrogens (tertiary/aromatic N) is 1. The van der Waals surface area contributed by atoms with Gasteiger partial charge in [0.15, 0.2) is 0 Å². The second-order valence-corrected chi connectivity index (χ2v) is 9.01. The molecule has 0 bridgehead atoms. The van der Waals surface area contributed by atoms with Crippen LogP contribution in [0, 0.1) is 17.3 Å². The molecule has 1 fully saturated rings. The summed E-state index contributed by atoms with van der Waals surface area (Å²) in [6.45, 7) is 11.6. The highest BCUT2D eigenvalue weighted by atomic mass is 16.5. The maximum atomic E-state index is 13.1. The Kier molecular flexibility index (Phi) is 7.43. The zero-order chi connectivity index (χ0) is 20.2. The molecule has 0 spiro atoms. The number of amides is 1. The largest absolute Gasteiger partial charge is 0.391 e. The van der Waals surface area contributed by atoms with E-state index in [1.807, 2.05) is 23.1 Å². The summed E-state index contributed by atoms with van der Waals surface area (Å²) < 4.78 is 5.17. The second-order valence-electron chi connectivity index (χ2n) is 9.01. The summed E-state index contributed by atoms with van der Waals surface area (Å²) in [6, 6.07) is 9.61. The maximum absolute atomic E-state index is 13.1. The topological polar surface area (TPSA) is 61.8 Å². The molecule has 2 N–H and O–H groups in total. The van der Waals surface area contributed by atoms with E-state index in [4.69, 9.17) is 4.74 Å². The van der Waals surface area contributed by atoms with Crippen molar-refractivity contribution in [1.82, 2.24) is 10.2 Å². The molecule has 0 saturated carbocycles. The van der Waals surface area contributed by atoms with E-state index >= 15 is 0 Å². The number of benzene rings is 1. The van der Waals surface area contributed by atoms with Crippen molar-refractivity contribution in [2.75, 3.05) is 20.3 Å². The maximum Gasteiger partial charge on any atom is 0.243 e. The minimum atomic E-state index is -0.758. The van der Waals surface area contributed by atoms with Crippen LogP contribution >= 0.6 is 0 Å². The molecule has 1 aliphatic rings. The molecule has 4 atom stereocenters. The molecule has 2 rings (SSSR count). The first kappa shape index (κ1) is 21.9. The number of ether oxygens (including phenoxy) is 1. The van der Waals surface area contributed by atoms with Gasteiger partial charge in [-0.3, -0.25) is 10.1 Å². The summed E-state index contributed by atoms with van der Waals surface area (Å²) in [4.78, 5) is 14.9. The van der Waals surface area contributed by atoms with Crippen molar-refractivity contribution in [2.24, 2.45) is 17.3 Å². The van der Waals surface area contributed by atoms with E-state index in [0.29, 0.717) is 13.2 Å². The standard InChI is InChI=1S/C22H36N2O3/c1-15(2)20-23-18(21(26)24(20)12-13-27-6)19(25)17(22(3,4)5)14-16-10-8-7-9-11-16/h7-11,15,17-20,23,25H,12-14H2,1-6H3/t17?,18-,19+,20?/m0/s1. The van der Waals surface area contributed by atoms with Gasteiger partial charge in [-0.15, -0.1) is 0 Å². The molecule has 0 aromatic heterocycles. The Morgan fingerprint density at radius 3 is 2.37 bits per heavy atom. The number of carbonyl (C=O) groups is 1. The van der Waals surface area contributed by atoms with E-state index in [2.05, 4.69) is 52.1 Å². The highest BCUT2D eigenvalue weighted by Crippen LogP contribution is 2.35. The van der Waals surface area contributed by atoms with Gasteiger partial charge in [-0.2, -0.15) is 0 Å². The summed E-state index contributed by atoms with van der Waals surface area (Å²) >= 11 is 0. The third-order valence-electron chi connectivity index (χ3n) is 5.57. The van der Waals surface area contributed by atoms with Crippen LogP contribution < -0.4 is 5.32 Å². The number of aliphatic hydroxyl groups excluding tert-OH is 1. The van der Waals surface area contributed by atoms with Gasteiger partial charge in [-0.05, 0) is 29.2 Å². The average molecular weight is 377 g/mol. The van der Waals surface area contributed by atoms with Crippen LogP contribution in [-0.2, 0) is 16.0 Å². The van der Waals surface area contributed by atoms with E-state index in [1.165, 1.54) is 5.56 Å². The molecule has 0 aliphatic carbocycles. The zero-order valence-corrected chi connectivity index (χ0v) is 17.6. The first-order valence-corrected chi connectivity index (χ1v) is 9.94. The molecule has 1 aromatic carbocycles. The number of hydrogen-bond donors (Lipinski definition) is 2. The molecule has 0 radical (unpaired) electrons. The van der Waals surface area contributed by atoms with Gasteiger partial charge < -0.3 is 14.7 Å². The van der Waals surface area contributed by atoms with E-state index in [1.54, 1.807) is 7.11 Å². The fourth-order valence-electron chi connectivity index (χ4n) is 3.94. The van der Waals surface area contributed by atoms with Gasteiger partial charge in [-0.1, -0.05) is 65.0 Å². The average Bonchev–Trinajstić information content (AvgIpc) is 2.94. The smallest absolute Gasteiger partial charge is 0.243 e. The van der Waals surface area contributed by atoms with Crippen molar-refractivity contribution < 1.29 is 14.6 Å². The van der Waals surface area contributed by atoms with Gasteiger partial charge in [-0.25, -0.2) is 0 Å². The van der Waals surface area contributed by atoms with Crippen LogP contribution in [0.1, 0.15) is 40.2 Å². The molecule has 1 heterocycles. The van der Waals surface area contributed by atoms with Crippen LogP contribution in [0.3, 0.4) is 0 Å². The molecule has 1 aliphatic heterocycles. The Bertz CT molecular complexity index is 597. The quantitative estimate of drug-likeness (QED) is 0.732. The molecular formula is C22H36N2O3. The van der Waals surface area contributed by atoms with Gasteiger partial charge in [0.25, 0.3) is 0 Å². The number of aliphatic hydroxyl groups is 1. The number of rotatable bonds is 8. The van der Waals surface area contributed by atoms with Gasteiger partial charge in [0.1, 0.15) is 6.04 Å². The molecule has 27 heavy (non-hydrogen) atoms. The number of hydrogen-bond acceptors (Lipinski definition) is 4. The molecule has 5 nitrogen and oxygen atoms in total. The van der Waals surface area contributed by atoms with Gasteiger partial charge in [0.05, 0.1) is 18.9 Å². The Labute approximate surface area is 164 Å². The van der Waals surface area contributed by atoms with Crippen LogP contribution in [0.25, 0.3) is 0 Å². The van der Waals surface area contributed by atoms with Gasteiger partial charge in [0, 0.05) is 13.7 Å². The highest BCUT2D eigenvalue weighted by Gasteiger charge is 2.47. The summed E-state index contributed by atoms with van der Waals surface area (Å²) in [6.07, 6.45) is -0.0994. The van der Waals surface area contributed by atoms with Gasteiger partial charge >= 0.3 is 0 Å². The SMILES string of the molecule is COCCN1C(=O)[C@H]([C@H](O)C(Cc2ccccc2)C(C)(C)C)NC1C(C)C. The summed E-state index contributed by atoms with van der Waals surface area (Å²) in [5.74, 6) is 0.183. The fourth-order valence-corrected chi connectivity index (χ4v) is 3.94. The number of nitrogens with one attached hydrogen (secondary N) is 1. The molecule has 1 saturated heterocycles. The van der Waals surface area contributed by atoms with Crippen molar-refractivity contribution in [3.05, 3.63) is 35.9 Å². The van der Waals surface area contributed by atoms with E-state index in [9.17, 15) is 9.90 Å². The zero-order valence-electron chi connectivity index (χ0n) is 17.6. The van der Waals surface area contributed by atoms with Crippen LogP contribution in [0.4, 0.5) is 0 Å². The predicted octanol–water partition coefficient (Wildman–Crippen LogP) is 2.68. The van der Waals surface area contributed by atoms with Crippen molar-refractivity contribution >= 4 is 5.91 Å². The van der Waals surface area contributed by atoms with E-state index in [0.717, 1.165) is 6.42 Å². The molecule has 5 heteroatoms. The molecule has 1 aromatic rings. The first-order valence-electron chi connectivity index (χ1n) is 9.94. The van der Waals surface area contributed by atoms with Crippen LogP contribution in [0.5, 0.6) is 0 Å². The lowest BCUT2D eigenvalue weighted by Gasteiger charge is -2.37. The highest BCUT2D eigenvalue weighted by molar-refractivity contribution is 5.85. The van der Waals surface area contributed by atoms with Gasteiger partial charge in [0.2, 0.25) is 5.91 Å². The lowest BCUT2D eigenvalue weighted by atomic mass is 9.72. The second kappa shape index (κ2) is 9.18. The van der Waals surface area contributed by atoms with Crippen LogP contribution in [0.2, 0.25) is 0 Å². The first-order chi connectivity index (χ1) is 12.7. The fraction of sp³-hybridized carbons (Fsp3) is 0.682. The Morgan fingerprint density at radius 1 is 1.22 bits per heavy atom. The van der Waals surface area contributed by atoms with Crippen LogP contribution in [-0.4, -0.2) is 54.5 Å². The Morgan fingerprint density at radius 2 is 1.85 bits per heavy atom. The van der Waals surface area contributed by atoms with Crippen molar-refractivity contribution in [2.45, 2.75) is 59.4 Å².